The van der Waals surface area contributed by atoms with Gasteiger partial charge in [-0.25, -0.2) is 13.4 Å². The maximum atomic E-state index is 13.8. The minimum absolute atomic E-state index is 0.0846. The van der Waals surface area contributed by atoms with Crippen LogP contribution in [-0.2, 0) is 26.1 Å². The second-order valence-electron chi connectivity index (χ2n) is 11.6. The molecule has 0 bridgehead atoms. The Bertz CT molecular complexity index is 1480. The van der Waals surface area contributed by atoms with Crippen LogP contribution in [0.3, 0.4) is 0 Å². The number of aromatic nitrogens is 2. The van der Waals surface area contributed by atoms with Gasteiger partial charge in [0.05, 0.1) is 22.8 Å². The maximum Gasteiger partial charge on any atom is 0.477 e. The summed E-state index contributed by atoms with van der Waals surface area (Å²) in [6.07, 6.45) is 10.3. The van der Waals surface area contributed by atoms with Gasteiger partial charge in [-0.3, -0.25) is 4.79 Å². The summed E-state index contributed by atoms with van der Waals surface area (Å²) in [6, 6.07) is 4.84. The molecule has 44 heavy (non-hydrogen) atoms. The molecular weight excluding hydrogens is 584 g/mol. The van der Waals surface area contributed by atoms with Crippen molar-refractivity contribution in [1.29, 1.82) is 0 Å². The number of fused-ring (bicyclic) bond motifs is 1. The Balaban J connectivity index is 1.61. The molecule has 1 aliphatic carbocycles. The minimum atomic E-state index is -3.80. The number of hydrogen-bond donors (Lipinski definition) is 1. The van der Waals surface area contributed by atoms with E-state index in [2.05, 4.69) is 29.7 Å². The molecule has 2 aliphatic rings. The number of benzene rings is 1. The molecule has 1 aromatic heterocycles. The second-order valence-corrected chi connectivity index (χ2v) is 13.6. The van der Waals surface area contributed by atoms with Gasteiger partial charge in [-0.15, -0.1) is 0 Å². The smallest absolute Gasteiger partial charge is 0.477 e. The number of piperidine rings is 1. The lowest BCUT2D eigenvalue weighted by Crippen LogP contribution is -2.38. The van der Waals surface area contributed by atoms with E-state index in [1.54, 1.807) is 18.2 Å². The second kappa shape index (κ2) is 15.7. The number of nitrogens with zero attached hydrogens (tertiary/aromatic N) is 3. The van der Waals surface area contributed by atoms with E-state index >= 15 is 0 Å². The molecular formula is C32H47N4O7S+. The predicted octanol–water partition coefficient (Wildman–Crippen LogP) is 5.83. The van der Waals surface area contributed by atoms with Gasteiger partial charge < -0.3 is 9.72 Å². The highest BCUT2D eigenvalue weighted by Crippen LogP contribution is 2.35. The van der Waals surface area contributed by atoms with Crippen molar-refractivity contribution in [2.75, 3.05) is 33.4 Å². The molecule has 0 amide bonds. The SMILES string of the molecule is CCCOc1ccc(S(=O)(=O)N2CCC(CCCO[N+](=O)OC)CC2)cc1-c1nc2c(c(=O)[nH]1)CCC(CC)C=C2CCC. The molecule has 2 aromatic rings. The fourth-order valence-corrected chi connectivity index (χ4v) is 7.53. The monoisotopic (exact) mass is 631 g/mol. The first-order valence-electron chi connectivity index (χ1n) is 16.0. The molecule has 1 aromatic carbocycles. The van der Waals surface area contributed by atoms with Crippen molar-refractivity contribution < 1.29 is 27.9 Å². The van der Waals surface area contributed by atoms with Crippen LogP contribution in [0, 0.1) is 16.7 Å². The van der Waals surface area contributed by atoms with Crippen LogP contribution in [0.15, 0.2) is 34.0 Å². The molecule has 1 saturated heterocycles. The van der Waals surface area contributed by atoms with E-state index < -0.39 is 10.0 Å². The molecule has 1 unspecified atom stereocenters. The number of nitrogens with one attached hydrogen (secondary N) is 1. The highest BCUT2D eigenvalue weighted by atomic mass is 32.2. The van der Waals surface area contributed by atoms with Crippen LogP contribution in [0.25, 0.3) is 17.0 Å². The molecule has 0 radical (unpaired) electrons. The zero-order chi connectivity index (χ0) is 31.7. The Hall–Kier alpha value is -3.25. The molecule has 4 rings (SSSR count). The van der Waals surface area contributed by atoms with Gasteiger partial charge in [0.2, 0.25) is 10.0 Å². The Morgan fingerprint density at radius 3 is 2.55 bits per heavy atom. The fraction of sp³-hybridized carbons (Fsp3) is 0.625. The first-order valence-corrected chi connectivity index (χ1v) is 17.4. The van der Waals surface area contributed by atoms with Crippen molar-refractivity contribution in [3.63, 3.8) is 0 Å². The lowest BCUT2D eigenvalue weighted by atomic mass is 9.93. The Labute approximate surface area is 260 Å². The highest BCUT2D eigenvalue weighted by molar-refractivity contribution is 7.89. The topological polar surface area (TPSA) is 131 Å². The zero-order valence-corrected chi connectivity index (χ0v) is 27.3. The molecule has 1 aliphatic heterocycles. The normalized spacial score (nSPS) is 17.8. The molecule has 0 saturated carbocycles. The van der Waals surface area contributed by atoms with Crippen molar-refractivity contribution in [1.82, 2.24) is 14.3 Å². The van der Waals surface area contributed by atoms with Gasteiger partial charge in [0, 0.05) is 18.7 Å². The summed E-state index contributed by atoms with van der Waals surface area (Å²) in [4.78, 5) is 41.9. The molecule has 12 heteroatoms. The van der Waals surface area contributed by atoms with Gasteiger partial charge in [-0.2, -0.15) is 14.0 Å². The average Bonchev–Trinajstić information content (AvgIpc) is 3.21. The van der Waals surface area contributed by atoms with Crippen molar-refractivity contribution in [3.05, 3.63) is 50.8 Å². The standard InChI is InChI=1S/C32H46N4O7S/c1-5-9-25-21-23(7-3)11-13-27-30(25)33-31(34-32(27)37)28-22-26(12-14-29(28)42-19-6-2)44(39,40)35-17-15-24(16-18-35)10-8-20-43-36(38)41-4/h12,14,21-24H,5-11,13,15-20H2,1-4H3/p+1. The van der Waals surface area contributed by atoms with Crippen LogP contribution < -0.4 is 10.3 Å². The highest BCUT2D eigenvalue weighted by Gasteiger charge is 2.31. The predicted molar refractivity (Wildman–Crippen MR) is 168 cm³/mol. The average molecular weight is 632 g/mol. The van der Waals surface area contributed by atoms with E-state index in [1.165, 1.54) is 11.4 Å². The Kier molecular flexibility index (Phi) is 12.0. The maximum absolute atomic E-state index is 13.8. The van der Waals surface area contributed by atoms with Gasteiger partial charge >= 0.3 is 5.09 Å². The van der Waals surface area contributed by atoms with Crippen molar-refractivity contribution in [3.8, 4) is 17.1 Å². The number of H-pyrrole nitrogens is 1. The van der Waals surface area contributed by atoms with E-state index in [-0.39, 0.29) is 22.1 Å². The van der Waals surface area contributed by atoms with E-state index in [4.69, 9.17) is 14.6 Å². The number of hydrogen-bond acceptors (Lipinski definition) is 8. The van der Waals surface area contributed by atoms with Crippen LogP contribution >= 0.6 is 0 Å². The van der Waals surface area contributed by atoms with E-state index in [9.17, 15) is 18.1 Å². The van der Waals surface area contributed by atoms with Gasteiger partial charge in [-0.05, 0) is 93.4 Å². The van der Waals surface area contributed by atoms with Gasteiger partial charge in [-0.1, -0.05) is 33.3 Å². The number of ether oxygens (including phenoxy) is 1. The van der Waals surface area contributed by atoms with E-state index in [0.29, 0.717) is 72.8 Å². The first kappa shape index (κ1) is 33.6. The third-order valence-electron chi connectivity index (χ3n) is 8.55. The lowest BCUT2D eigenvalue weighted by Gasteiger charge is -2.31. The van der Waals surface area contributed by atoms with E-state index in [0.717, 1.165) is 56.9 Å². The third-order valence-corrected chi connectivity index (χ3v) is 10.4. The zero-order valence-electron chi connectivity index (χ0n) is 26.5. The molecule has 2 heterocycles. The summed E-state index contributed by atoms with van der Waals surface area (Å²) in [5.74, 6) is 1.54. The molecule has 11 nitrogen and oxygen atoms in total. The van der Waals surface area contributed by atoms with Gasteiger partial charge in [0.25, 0.3) is 5.56 Å². The number of sulfonamides is 1. The van der Waals surface area contributed by atoms with Crippen LogP contribution in [0.1, 0.15) is 89.8 Å². The Morgan fingerprint density at radius 2 is 1.86 bits per heavy atom. The van der Waals surface area contributed by atoms with Crippen molar-refractivity contribution in [2.45, 2.75) is 89.9 Å². The summed E-state index contributed by atoms with van der Waals surface area (Å²) in [5, 5.41) is 0.0846. The molecule has 1 atom stereocenters. The summed E-state index contributed by atoms with van der Waals surface area (Å²) >= 11 is 0. The minimum Gasteiger partial charge on any atom is -0.493 e. The molecule has 242 valence electrons. The summed E-state index contributed by atoms with van der Waals surface area (Å²) < 4.78 is 35.2. The number of rotatable bonds is 15. The number of allylic oxidation sites excluding steroid dienone is 2. The van der Waals surface area contributed by atoms with Crippen molar-refractivity contribution in [2.24, 2.45) is 11.8 Å². The van der Waals surface area contributed by atoms with Gasteiger partial charge in [0.15, 0.2) is 13.7 Å². The first-order chi connectivity index (χ1) is 21.2. The summed E-state index contributed by atoms with van der Waals surface area (Å²) in [6.45, 7) is 7.79. The van der Waals surface area contributed by atoms with Crippen LogP contribution in [-0.4, -0.2) is 61.2 Å². The van der Waals surface area contributed by atoms with Crippen LogP contribution in [0.2, 0.25) is 0 Å². The fourth-order valence-electron chi connectivity index (χ4n) is 6.04. The molecule has 1 N–H and O–H groups in total. The summed E-state index contributed by atoms with van der Waals surface area (Å²) in [5.41, 5.74) is 2.77. The quantitative estimate of drug-likeness (QED) is 0.192. The molecule has 1 fully saturated rings. The van der Waals surface area contributed by atoms with Crippen LogP contribution in [0.5, 0.6) is 5.75 Å². The van der Waals surface area contributed by atoms with Crippen LogP contribution in [0.4, 0.5) is 0 Å². The lowest BCUT2D eigenvalue weighted by molar-refractivity contribution is -0.977. The van der Waals surface area contributed by atoms with E-state index in [1.807, 2.05) is 6.92 Å². The molecule has 0 spiro atoms. The Morgan fingerprint density at radius 1 is 1.09 bits per heavy atom. The number of aromatic amines is 1. The largest absolute Gasteiger partial charge is 0.493 e. The van der Waals surface area contributed by atoms with Crippen molar-refractivity contribution >= 4 is 15.6 Å². The summed E-state index contributed by atoms with van der Waals surface area (Å²) in [7, 11) is -2.56. The van der Waals surface area contributed by atoms with Gasteiger partial charge in [0.1, 0.15) is 16.5 Å². The third kappa shape index (κ3) is 8.06.